The van der Waals surface area contributed by atoms with Gasteiger partial charge in [-0.2, -0.15) is 0 Å². The van der Waals surface area contributed by atoms with Gasteiger partial charge in [-0.1, -0.05) is 18.6 Å². The number of carbonyl (C=O) groups excluding carboxylic acids is 1. The highest BCUT2D eigenvalue weighted by Gasteiger charge is 2.32. The van der Waals surface area contributed by atoms with Crippen molar-refractivity contribution < 1.29 is 13.6 Å². The van der Waals surface area contributed by atoms with E-state index >= 15 is 0 Å². The maximum Gasteiger partial charge on any atom is 0.237 e. The van der Waals surface area contributed by atoms with E-state index in [0.29, 0.717) is 18.9 Å². The average Bonchev–Trinajstić information content (AvgIpc) is 3.19. The van der Waals surface area contributed by atoms with Gasteiger partial charge in [-0.15, -0.1) is 0 Å². The molecule has 0 aliphatic carbocycles. The van der Waals surface area contributed by atoms with Crippen molar-refractivity contribution in [2.45, 2.75) is 51.0 Å². The van der Waals surface area contributed by atoms with Gasteiger partial charge >= 0.3 is 0 Å². The van der Waals surface area contributed by atoms with Gasteiger partial charge in [0.1, 0.15) is 17.6 Å². The Bertz CT molecular complexity index is 783. The Balaban J connectivity index is 1.43. The monoisotopic (exact) mass is 385 g/mol. The Morgan fingerprint density at radius 3 is 2.61 bits per heavy atom. The lowest BCUT2D eigenvalue weighted by Gasteiger charge is -2.36. The lowest BCUT2D eigenvalue weighted by Crippen LogP contribution is -2.45. The van der Waals surface area contributed by atoms with Gasteiger partial charge in [0, 0.05) is 13.0 Å². The molecule has 0 N–H and O–H groups in total. The first kappa shape index (κ1) is 19.1. The number of nitrogens with zero attached hydrogens (tertiary/aromatic N) is 3. The summed E-state index contributed by atoms with van der Waals surface area (Å²) in [6.45, 7) is 3.31. The number of likely N-dealkylation sites (tertiary alicyclic amines) is 2. The fourth-order valence-electron chi connectivity index (χ4n) is 4.25. The Morgan fingerprint density at radius 2 is 1.82 bits per heavy atom. The fraction of sp³-hybridized carbons (Fsp3) is 0.545. The first-order valence-corrected chi connectivity index (χ1v) is 10.4. The third-order valence-corrected chi connectivity index (χ3v) is 5.78. The second-order valence-electron chi connectivity index (χ2n) is 7.90. The molecule has 1 atom stereocenters. The molecule has 150 valence electrons. The molecule has 28 heavy (non-hydrogen) atoms. The molecule has 2 fully saturated rings. The predicted molar refractivity (Wildman–Crippen MR) is 104 cm³/mol. The minimum absolute atomic E-state index is 0.0759. The van der Waals surface area contributed by atoms with Gasteiger partial charge in [0.05, 0.1) is 12.7 Å². The normalized spacial score (nSPS) is 21.0. The Kier molecular flexibility index (Phi) is 6.05. The quantitative estimate of drug-likeness (QED) is 0.782. The van der Waals surface area contributed by atoms with Crippen LogP contribution in [0.2, 0.25) is 0 Å². The molecular weight excluding hydrogens is 357 g/mol. The molecule has 4 rings (SSSR count). The molecule has 1 aromatic carbocycles. The molecule has 0 radical (unpaired) electrons. The van der Waals surface area contributed by atoms with Gasteiger partial charge in [-0.25, -0.2) is 9.37 Å². The highest BCUT2D eigenvalue weighted by molar-refractivity contribution is 5.78. The molecule has 3 heterocycles. The first-order chi connectivity index (χ1) is 13.7. The summed E-state index contributed by atoms with van der Waals surface area (Å²) in [5.74, 6) is 1.32. The highest BCUT2D eigenvalue weighted by Crippen LogP contribution is 2.31. The van der Waals surface area contributed by atoms with Gasteiger partial charge in [0.25, 0.3) is 0 Å². The molecular formula is C22H28FN3O2. The maximum absolute atomic E-state index is 13.1. The van der Waals surface area contributed by atoms with E-state index in [1.165, 1.54) is 31.4 Å². The second-order valence-corrected chi connectivity index (χ2v) is 7.90. The van der Waals surface area contributed by atoms with Gasteiger partial charge in [0.2, 0.25) is 11.8 Å². The van der Waals surface area contributed by atoms with Crippen LogP contribution in [0, 0.1) is 5.82 Å². The van der Waals surface area contributed by atoms with Gasteiger partial charge in [-0.05, 0) is 62.9 Å². The second kappa shape index (κ2) is 8.86. The molecule has 6 heteroatoms. The van der Waals surface area contributed by atoms with Crippen LogP contribution in [0.3, 0.4) is 0 Å². The van der Waals surface area contributed by atoms with Crippen molar-refractivity contribution in [1.82, 2.24) is 14.8 Å². The molecule has 0 saturated carbocycles. The summed E-state index contributed by atoms with van der Waals surface area (Å²) in [7, 11) is 0. The van der Waals surface area contributed by atoms with Crippen molar-refractivity contribution in [1.29, 1.82) is 0 Å². The molecule has 2 saturated heterocycles. The summed E-state index contributed by atoms with van der Waals surface area (Å²) >= 11 is 0. The van der Waals surface area contributed by atoms with Crippen LogP contribution >= 0.6 is 0 Å². The van der Waals surface area contributed by atoms with Crippen LogP contribution < -0.4 is 0 Å². The maximum atomic E-state index is 13.1. The van der Waals surface area contributed by atoms with E-state index in [2.05, 4.69) is 9.88 Å². The van der Waals surface area contributed by atoms with Gasteiger partial charge in [0.15, 0.2) is 0 Å². The highest BCUT2D eigenvalue weighted by atomic mass is 19.1. The van der Waals surface area contributed by atoms with Crippen molar-refractivity contribution in [3.63, 3.8) is 0 Å². The number of aromatic nitrogens is 1. The average molecular weight is 385 g/mol. The number of halogens is 1. The number of hydrogen-bond donors (Lipinski definition) is 0. The van der Waals surface area contributed by atoms with Crippen LogP contribution in [-0.2, 0) is 11.2 Å². The molecule has 2 aliphatic rings. The predicted octanol–water partition coefficient (Wildman–Crippen LogP) is 3.94. The lowest BCUT2D eigenvalue weighted by atomic mass is 10.0. The van der Waals surface area contributed by atoms with Crippen molar-refractivity contribution in [3.05, 3.63) is 53.5 Å². The standard InChI is InChI=1S/C22H28FN3O2/c23-18-9-7-17(8-10-18)14-19-15-24-22(28-19)20-6-2-5-13-26(20)21(27)16-25-11-3-1-4-12-25/h7-10,15,20H,1-6,11-14,16H2. The Labute approximate surface area is 165 Å². The minimum Gasteiger partial charge on any atom is -0.443 e. The number of benzene rings is 1. The molecule has 1 aromatic heterocycles. The van der Waals surface area contributed by atoms with Crippen LogP contribution in [-0.4, -0.2) is 46.9 Å². The summed E-state index contributed by atoms with van der Waals surface area (Å²) in [5, 5.41) is 0. The Hall–Kier alpha value is -2.21. The van der Waals surface area contributed by atoms with Crippen molar-refractivity contribution in [2.75, 3.05) is 26.2 Å². The largest absolute Gasteiger partial charge is 0.443 e. The van der Waals surface area contributed by atoms with Crippen molar-refractivity contribution in [2.24, 2.45) is 0 Å². The zero-order valence-electron chi connectivity index (χ0n) is 16.3. The minimum atomic E-state index is -0.243. The molecule has 5 nitrogen and oxygen atoms in total. The van der Waals surface area contributed by atoms with Crippen LogP contribution in [0.1, 0.15) is 61.8 Å². The first-order valence-electron chi connectivity index (χ1n) is 10.4. The molecule has 2 aliphatic heterocycles. The number of hydrogen-bond acceptors (Lipinski definition) is 4. The molecule has 1 unspecified atom stereocenters. The van der Waals surface area contributed by atoms with Crippen LogP contribution in [0.25, 0.3) is 0 Å². The van der Waals surface area contributed by atoms with Crippen LogP contribution in [0.5, 0.6) is 0 Å². The number of amides is 1. The van der Waals surface area contributed by atoms with Crippen molar-refractivity contribution in [3.8, 4) is 0 Å². The van der Waals surface area contributed by atoms with E-state index in [1.54, 1.807) is 18.3 Å². The number of rotatable bonds is 5. The summed E-state index contributed by atoms with van der Waals surface area (Å²) in [6, 6.07) is 6.34. The SMILES string of the molecule is O=C(CN1CCCCC1)N1CCCCC1c1ncc(Cc2ccc(F)cc2)o1. The number of piperidine rings is 2. The smallest absolute Gasteiger partial charge is 0.237 e. The van der Waals surface area contributed by atoms with E-state index in [0.717, 1.165) is 50.2 Å². The Morgan fingerprint density at radius 1 is 1.07 bits per heavy atom. The van der Waals surface area contributed by atoms with Crippen molar-refractivity contribution >= 4 is 5.91 Å². The van der Waals surface area contributed by atoms with E-state index in [-0.39, 0.29) is 17.8 Å². The summed E-state index contributed by atoms with van der Waals surface area (Å²) in [6.07, 6.45) is 8.94. The van der Waals surface area contributed by atoms with Gasteiger partial charge in [-0.3, -0.25) is 9.69 Å². The van der Waals surface area contributed by atoms with E-state index < -0.39 is 0 Å². The molecule has 0 spiro atoms. The van der Waals surface area contributed by atoms with Gasteiger partial charge < -0.3 is 9.32 Å². The topological polar surface area (TPSA) is 49.6 Å². The zero-order chi connectivity index (χ0) is 19.3. The van der Waals surface area contributed by atoms with Crippen LogP contribution in [0.4, 0.5) is 4.39 Å². The number of carbonyl (C=O) groups is 1. The lowest BCUT2D eigenvalue weighted by molar-refractivity contribution is -0.137. The summed E-state index contributed by atoms with van der Waals surface area (Å²) < 4.78 is 19.1. The van der Waals surface area contributed by atoms with Crippen LogP contribution in [0.15, 0.2) is 34.9 Å². The van der Waals surface area contributed by atoms with E-state index in [1.807, 2.05) is 4.90 Å². The zero-order valence-corrected chi connectivity index (χ0v) is 16.3. The summed E-state index contributed by atoms with van der Waals surface area (Å²) in [5.41, 5.74) is 0.978. The van der Waals surface area contributed by atoms with E-state index in [4.69, 9.17) is 4.42 Å². The molecule has 1 amide bonds. The molecule has 2 aromatic rings. The third-order valence-electron chi connectivity index (χ3n) is 5.78. The summed E-state index contributed by atoms with van der Waals surface area (Å²) in [4.78, 5) is 21.7. The fourth-order valence-corrected chi connectivity index (χ4v) is 4.25. The number of oxazole rings is 1. The third kappa shape index (κ3) is 4.61. The molecule has 0 bridgehead atoms. The van der Waals surface area contributed by atoms with E-state index in [9.17, 15) is 9.18 Å².